The second kappa shape index (κ2) is 8.50. The number of benzene rings is 2. The minimum atomic E-state index is -0.743. The summed E-state index contributed by atoms with van der Waals surface area (Å²) in [4.78, 5) is 40.6. The minimum Gasteiger partial charge on any atom is -0.497 e. The van der Waals surface area contributed by atoms with E-state index in [-0.39, 0.29) is 23.1 Å². The number of amides is 3. The van der Waals surface area contributed by atoms with E-state index in [2.05, 4.69) is 10.6 Å². The molecule has 2 heterocycles. The Balaban J connectivity index is 1.42. The molecule has 8 heteroatoms. The van der Waals surface area contributed by atoms with Crippen LogP contribution in [-0.2, 0) is 16.1 Å². The minimum absolute atomic E-state index is 0.140. The van der Waals surface area contributed by atoms with Crippen molar-refractivity contribution in [1.82, 2.24) is 15.5 Å². The summed E-state index contributed by atoms with van der Waals surface area (Å²) in [7, 11) is 1.59. The molecule has 1 fully saturated rings. The van der Waals surface area contributed by atoms with Crippen LogP contribution in [0.2, 0.25) is 0 Å². The van der Waals surface area contributed by atoms with E-state index in [0.717, 1.165) is 11.1 Å². The average Bonchev–Trinajstić information content (AvgIpc) is 3.21. The molecule has 0 spiro atoms. The van der Waals surface area contributed by atoms with Crippen LogP contribution < -0.4 is 15.4 Å². The van der Waals surface area contributed by atoms with E-state index in [9.17, 15) is 14.4 Å². The molecule has 3 atom stereocenters. The lowest BCUT2D eigenvalue weighted by Crippen LogP contribution is -2.56. The Morgan fingerprint density at radius 2 is 1.94 bits per heavy atom. The fraction of sp³-hybridized carbons (Fsp3) is 0.375. The van der Waals surface area contributed by atoms with Gasteiger partial charge in [0.2, 0.25) is 11.8 Å². The Hall–Kier alpha value is -3.00. The summed E-state index contributed by atoms with van der Waals surface area (Å²) in [6.45, 7) is 5.89. The molecule has 7 nitrogen and oxygen atoms in total. The van der Waals surface area contributed by atoms with Crippen molar-refractivity contribution >= 4 is 29.5 Å². The van der Waals surface area contributed by atoms with Crippen molar-refractivity contribution in [1.29, 1.82) is 0 Å². The second-order valence-electron chi connectivity index (χ2n) is 8.58. The second-order valence-corrected chi connectivity index (χ2v) is 10.3. The van der Waals surface area contributed by atoms with Gasteiger partial charge in [0.15, 0.2) is 0 Å². The van der Waals surface area contributed by atoms with Crippen molar-refractivity contribution in [2.75, 3.05) is 7.11 Å². The molecule has 0 saturated carbocycles. The van der Waals surface area contributed by atoms with Crippen LogP contribution in [0.1, 0.15) is 47.6 Å². The standard InChI is InChI=1S/C24H27N3O4S/c1-14(20(28)25-13-15-8-7-9-16(12-15)31-4)26-21(29)19-24(2,3)32-23-18-11-6-5-10-17(18)22(30)27(19)23/h5-12,14,19,23H,13H2,1-4H3,(H,25,28)(H,26,29)/t14-,19+,23+/m0/s1. The van der Waals surface area contributed by atoms with Crippen molar-refractivity contribution in [2.24, 2.45) is 0 Å². The molecule has 2 aliphatic rings. The predicted octanol–water partition coefficient (Wildman–Crippen LogP) is 2.86. The van der Waals surface area contributed by atoms with Crippen LogP contribution in [0.3, 0.4) is 0 Å². The molecule has 2 aliphatic heterocycles. The van der Waals surface area contributed by atoms with Crippen molar-refractivity contribution in [3.8, 4) is 5.75 Å². The number of methoxy groups -OCH3 is 1. The van der Waals surface area contributed by atoms with Gasteiger partial charge >= 0.3 is 0 Å². The zero-order valence-electron chi connectivity index (χ0n) is 18.5. The normalized spacial score (nSPS) is 21.5. The molecular weight excluding hydrogens is 426 g/mol. The highest BCUT2D eigenvalue weighted by molar-refractivity contribution is 8.01. The van der Waals surface area contributed by atoms with Crippen LogP contribution in [-0.4, -0.2) is 46.6 Å². The quantitative estimate of drug-likeness (QED) is 0.702. The van der Waals surface area contributed by atoms with Crippen molar-refractivity contribution in [2.45, 2.75) is 49.5 Å². The first-order valence-corrected chi connectivity index (χ1v) is 11.4. The molecular formula is C24H27N3O4S. The van der Waals surface area contributed by atoms with Gasteiger partial charge < -0.3 is 20.3 Å². The van der Waals surface area contributed by atoms with E-state index < -0.39 is 16.8 Å². The number of hydrogen-bond acceptors (Lipinski definition) is 5. The van der Waals surface area contributed by atoms with Crippen molar-refractivity contribution < 1.29 is 19.1 Å². The molecule has 2 N–H and O–H groups in total. The summed E-state index contributed by atoms with van der Waals surface area (Å²) >= 11 is 1.60. The summed E-state index contributed by atoms with van der Waals surface area (Å²) in [5, 5.41) is 5.46. The number of thioether (sulfide) groups is 1. The maximum Gasteiger partial charge on any atom is 0.256 e. The molecule has 3 amide bonds. The lowest BCUT2D eigenvalue weighted by molar-refractivity contribution is -0.131. The van der Waals surface area contributed by atoms with Gasteiger partial charge in [0, 0.05) is 16.9 Å². The SMILES string of the molecule is COc1cccc(CNC(=O)[C@H](C)NC(=O)[C@H]2N3C(=O)c4ccccc4[C@H]3SC2(C)C)c1. The van der Waals surface area contributed by atoms with E-state index in [4.69, 9.17) is 4.74 Å². The van der Waals surface area contributed by atoms with Gasteiger partial charge in [-0.1, -0.05) is 30.3 Å². The molecule has 2 aromatic carbocycles. The topological polar surface area (TPSA) is 87.7 Å². The van der Waals surface area contributed by atoms with E-state index >= 15 is 0 Å². The first-order valence-electron chi connectivity index (χ1n) is 10.5. The predicted molar refractivity (Wildman–Crippen MR) is 123 cm³/mol. The van der Waals surface area contributed by atoms with Crippen LogP contribution in [0.25, 0.3) is 0 Å². The van der Waals surface area contributed by atoms with Gasteiger partial charge in [-0.25, -0.2) is 0 Å². The number of hydrogen-bond donors (Lipinski definition) is 2. The lowest BCUT2D eigenvalue weighted by Gasteiger charge is -2.30. The molecule has 0 bridgehead atoms. The van der Waals surface area contributed by atoms with E-state index in [0.29, 0.717) is 17.9 Å². The molecule has 4 rings (SSSR count). The van der Waals surface area contributed by atoms with Crippen LogP contribution in [0.4, 0.5) is 0 Å². The Labute approximate surface area is 191 Å². The molecule has 0 aromatic heterocycles. The monoisotopic (exact) mass is 453 g/mol. The smallest absolute Gasteiger partial charge is 0.256 e. The van der Waals surface area contributed by atoms with Gasteiger partial charge in [0.05, 0.1) is 7.11 Å². The van der Waals surface area contributed by atoms with Gasteiger partial charge in [0.25, 0.3) is 5.91 Å². The number of nitrogens with one attached hydrogen (secondary N) is 2. The molecule has 1 saturated heterocycles. The zero-order valence-corrected chi connectivity index (χ0v) is 19.4. The van der Waals surface area contributed by atoms with Crippen molar-refractivity contribution in [3.05, 3.63) is 65.2 Å². The van der Waals surface area contributed by atoms with E-state index in [1.807, 2.05) is 56.3 Å². The summed E-state index contributed by atoms with van der Waals surface area (Å²) in [5.74, 6) is -0.0451. The third-order valence-corrected chi connectivity index (χ3v) is 7.43. The number of carbonyl (C=O) groups is 3. The fourth-order valence-electron chi connectivity index (χ4n) is 4.29. The first kappa shape index (κ1) is 22.2. The third kappa shape index (κ3) is 3.95. The van der Waals surface area contributed by atoms with Gasteiger partial charge in [-0.15, -0.1) is 11.8 Å². The molecule has 2 aromatic rings. The highest BCUT2D eigenvalue weighted by Gasteiger charge is 2.57. The molecule has 0 aliphatic carbocycles. The maximum atomic E-state index is 13.3. The fourth-order valence-corrected chi connectivity index (χ4v) is 5.88. The number of nitrogens with zero attached hydrogens (tertiary/aromatic N) is 1. The largest absolute Gasteiger partial charge is 0.497 e. The summed E-state index contributed by atoms with van der Waals surface area (Å²) < 4.78 is 4.71. The average molecular weight is 454 g/mol. The van der Waals surface area contributed by atoms with E-state index in [1.165, 1.54) is 0 Å². The van der Waals surface area contributed by atoms with Gasteiger partial charge in [-0.2, -0.15) is 0 Å². The number of fused-ring (bicyclic) bond motifs is 3. The van der Waals surface area contributed by atoms with Gasteiger partial charge in [-0.3, -0.25) is 14.4 Å². The maximum absolute atomic E-state index is 13.3. The van der Waals surface area contributed by atoms with Gasteiger partial charge in [-0.05, 0) is 50.1 Å². The number of ether oxygens (including phenoxy) is 1. The lowest BCUT2D eigenvalue weighted by atomic mass is 10.0. The molecule has 0 unspecified atom stereocenters. The highest BCUT2D eigenvalue weighted by atomic mass is 32.2. The molecule has 0 radical (unpaired) electrons. The van der Waals surface area contributed by atoms with Crippen LogP contribution in [0.15, 0.2) is 48.5 Å². The van der Waals surface area contributed by atoms with Crippen molar-refractivity contribution in [3.63, 3.8) is 0 Å². The van der Waals surface area contributed by atoms with Crippen LogP contribution >= 0.6 is 11.8 Å². The number of carbonyl (C=O) groups excluding carboxylic acids is 3. The van der Waals surface area contributed by atoms with Crippen LogP contribution in [0, 0.1) is 0 Å². The summed E-state index contributed by atoms with van der Waals surface area (Å²) in [6, 6.07) is 13.5. The third-order valence-electron chi connectivity index (χ3n) is 5.90. The highest BCUT2D eigenvalue weighted by Crippen LogP contribution is 2.56. The Morgan fingerprint density at radius 3 is 2.69 bits per heavy atom. The zero-order chi connectivity index (χ0) is 23.0. The Kier molecular flexibility index (Phi) is 5.90. The summed E-state index contributed by atoms with van der Waals surface area (Å²) in [6.07, 6.45) is 0. The first-order chi connectivity index (χ1) is 15.2. The summed E-state index contributed by atoms with van der Waals surface area (Å²) in [5.41, 5.74) is 2.48. The molecule has 168 valence electrons. The number of rotatable bonds is 6. The Bertz CT molecular complexity index is 1070. The van der Waals surface area contributed by atoms with Gasteiger partial charge in [0.1, 0.15) is 23.2 Å². The Morgan fingerprint density at radius 1 is 1.19 bits per heavy atom. The van der Waals surface area contributed by atoms with Crippen LogP contribution in [0.5, 0.6) is 5.75 Å². The molecule has 32 heavy (non-hydrogen) atoms. The van der Waals surface area contributed by atoms with E-state index in [1.54, 1.807) is 36.8 Å².